The van der Waals surface area contributed by atoms with Crippen molar-refractivity contribution >= 4 is 34.6 Å². The van der Waals surface area contributed by atoms with E-state index in [4.69, 9.17) is 11.6 Å². The van der Waals surface area contributed by atoms with Gasteiger partial charge in [-0.1, -0.05) is 37.4 Å². The van der Waals surface area contributed by atoms with Gasteiger partial charge in [-0.2, -0.15) is 0 Å². The van der Waals surface area contributed by atoms with Crippen LogP contribution in [0.2, 0.25) is 5.02 Å². The van der Waals surface area contributed by atoms with Crippen LogP contribution in [0.4, 0.5) is 5.69 Å². The molecule has 2 amide bonds. The number of nitrogens with one attached hydrogen (secondary N) is 2. The molecule has 0 aliphatic carbocycles. The zero-order valence-corrected chi connectivity index (χ0v) is 16.7. The van der Waals surface area contributed by atoms with Crippen molar-refractivity contribution in [3.05, 3.63) is 64.7 Å². The molecule has 2 heterocycles. The first-order valence-electron chi connectivity index (χ1n) is 9.34. The monoisotopic (exact) mass is 398 g/mol. The molecule has 0 unspecified atom stereocenters. The Morgan fingerprint density at radius 2 is 1.96 bits per heavy atom. The SMILES string of the molecule is CCCCCNC(=O)c1nc(C(=O)Nc2ccc(Cl)cc2C)n2ccccc12. The molecule has 146 valence electrons. The molecule has 1 aromatic carbocycles. The van der Waals surface area contributed by atoms with Crippen LogP contribution >= 0.6 is 11.6 Å². The Kier molecular flexibility index (Phi) is 6.31. The number of unbranched alkanes of at least 4 members (excludes halogenated alkanes) is 2. The molecule has 28 heavy (non-hydrogen) atoms. The van der Waals surface area contributed by atoms with Gasteiger partial charge in [0.1, 0.15) is 0 Å². The molecular formula is C21H23ClN4O2. The lowest BCUT2D eigenvalue weighted by molar-refractivity contribution is 0.0950. The Balaban J connectivity index is 1.87. The van der Waals surface area contributed by atoms with Crippen molar-refractivity contribution in [3.8, 4) is 0 Å². The third-order valence-electron chi connectivity index (χ3n) is 4.47. The second-order valence-electron chi connectivity index (χ2n) is 6.62. The van der Waals surface area contributed by atoms with Crippen LogP contribution < -0.4 is 10.6 Å². The number of carbonyl (C=O) groups is 2. The van der Waals surface area contributed by atoms with Crippen molar-refractivity contribution < 1.29 is 9.59 Å². The molecular weight excluding hydrogens is 376 g/mol. The zero-order chi connectivity index (χ0) is 20.1. The molecule has 0 fully saturated rings. The number of imidazole rings is 1. The highest BCUT2D eigenvalue weighted by Crippen LogP contribution is 2.21. The van der Waals surface area contributed by atoms with Gasteiger partial charge in [-0.3, -0.25) is 14.0 Å². The summed E-state index contributed by atoms with van der Waals surface area (Å²) in [6, 6.07) is 10.6. The fourth-order valence-corrected chi connectivity index (χ4v) is 3.20. The highest BCUT2D eigenvalue weighted by atomic mass is 35.5. The van der Waals surface area contributed by atoms with Gasteiger partial charge in [-0.25, -0.2) is 4.98 Å². The minimum absolute atomic E-state index is 0.156. The van der Waals surface area contributed by atoms with E-state index in [0.29, 0.717) is 22.8 Å². The van der Waals surface area contributed by atoms with Crippen LogP contribution in [0.25, 0.3) is 5.52 Å². The molecule has 2 N–H and O–H groups in total. The van der Waals surface area contributed by atoms with Gasteiger partial charge in [0.2, 0.25) is 5.82 Å². The number of hydrogen-bond acceptors (Lipinski definition) is 3. The highest BCUT2D eigenvalue weighted by Gasteiger charge is 2.21. The van der Waals surface area contributed by atoms with Gasteiger partial charge in [0.25, 0.3) is 11.8 Å². The molecule has 0 atom stereocenters. The number of pyridine rings is 1. The van der Waals surface area contributed by atoms with Crippen molar-refractivity contribution in [2.45, 2.75) is 33.1 Å². The number of benzene rings is 1. The summed E-state index contributed by atoms with van der Waals surface area (Å²) >= 11 is 5.97. The zero-order valence-electron chi connectivity index (χ0n) is 16.0. The van der Waals surface area contributed by atoms with Crippen molar-refractivity contribution in [2.75, 3.05) is 11.9 Å². The maximum Gasteiger partial charge on any atom is 0.292 e. The number of halogens is 1. The molecule has 6 nitrogen and oxygen atoms in total. The first kappa shape index (κ1) is 19.9. The second kappa shape index (κ2) is 8.89. The Bertz CT molecular complexity index is 1010. The molecule has 0 radical (unpaired) electrons. The number of anilines is 1. The third-order valence-corrected chi connectivity index (χ3v) is 4.70. The van der Waals surface area contributed by atoms with E-state index in [9.17, 15) is 9.59 Å². The van der Waals surface area contributed by atoms with Crippen LogP contribution in [0.3, 0.4) is 0 Å². The van der Waals surface area contributed by atoms with Crippen LogP contribution in [-0.2, 0) is 0 Å². The number of aromatic nitrogens is 2. The van der Waals surface area contributed by atoms with E-state index in [1.165, 1.54) is 0 Å². The summed E-state index contributed by atoms with van der Waals surface area (Å²) in [4.78, 5) is 29.8. The summed E-state index contributed by atoms with van der Waals surface area (Å²) in [6.07, 6.45) is 4.77. The first-order chi connectivity index (χ1) is 13.5. The van der Waals surface area contributed by atoms with E-state index >= 15 is 0 Å². The van der Waals surface area contributed by atoms with E-state index in [1.54, 1.807) is 40.9 Å². The summed E-state index contributed by atoms with van der Waals surface area (Å²) in [5.41, 5.74) is 2.33. The first-order valence-corrected chi connectivity index (χ1v) is 9.72. The molecule has 0 aliphatic heterocycles. The lowest BCUT2D eigenvalue weighted by Gasteiger charge is -2.08. The largest absolute Gasteiger partial charge is 0.351 e. The van der Waals surface area contributed by atoms with Gasteiger partial charge < -0.3 is 10.6 Å². The Labute approximate surface area is 168 Å². The van der Waals surface area contributed by atoms with Crippen LogP contribution in [0.5, 0.6) is 0 Å². The summed E-state index contributed by atoms with van der Waals surface area (Å²) in [5, 5.41) is 6.33. The third kappa shape index (κ3) is 4.34. The maximum absolute atomic E-state index is 12.8. The Hall–Kier alpha value is -2.86. The molecule has 0 bridgehead atoms. The van der Waals surface area contributed by atoms with Gasteiger partial charge in [0.05, 0.1) is 5.52 Å². The molecule has 3 aromatic rings. The van der Waals surface area contributed by atoms with Gasteiger partial charge in [-0.05, 0) is 49.2 Å². The summed E-state index contributed by atoms with van der Waals surface area (Å²) in [6.45, 7) is 4.56. The highest BCUT2D eigenvalue weighted by molar-refractivity contribution is 6.30. The van der Waals surface area contributed by atoms with E-state index in [0.717, 1.165) is 24.8 Å². The lowest BCUT2D eigenvalue weighted by Crippen LogP contribution is -2.25. The predicted octanol–water partition coefficient (Wildman–Crippen LogP) is 4.47. The number of amides is 2. The summed E-state index contributed by atoms with van der Waals surface area (Å²) in [7, 11) is 0. The minimum Gasteiger partial charge on any atom is -0.351 e. The van der Waals surface area contributed by atoms with E-state index in [2.05, 4.69) is 22.5 Å². The van der Waals surface area contributed by atoms with Gasteiger partial charge in [0.15, 0.2) is 5.69 Å². The summed E-state index contributed by atoms with van der Waals surface area (Å²) < 4.78 is 1.63. The average Bonchev–Trinajstić information content (AvgIpc) is 3.07. The number of rotatable bonds is 7. The summed E-state index contributed by atoms with van der Waals surface area (Å²) in [5.74, 6) is -0.512. The van der Waals surface area contributed by atoms with E-state index in [1.807, 2.05) is 13.0 Å². The van der Waals surface area contributed by atoms with Gasteiger partial charge >= 0.3 is 0 Å². The molecule has 7 heteroatoms. The standard InChI is InChI=1S/C21H23ClN4O2/c1-3-4-6-11-23-20(27)18-17-8-5-7-12-26(17)19(25-18)21(28)24-16-10-9-15(22)13-14(16)2/h5,7-10,12-13H,3-4,6,11H2,1-2H3,(H,23,27)(H,24,28). The molecule has 2 aromatic heterocycles. The molecule has 0 aliphatic rings. The van der Waals surface area contributed by atoms with Crippen molar-refractivity contribution in [1.82, 2.24) is 14.7 Å². The van der Waals surface area contributed by atoms with Gasteiger partial charge in [-0.15, -0.1) is 0 Å². The van der Waals surface area contributed by atoms with Crippen LogP contribution in [0, 0.1) is 6.92 Å². The fraction of sp³-hybridized carbons (Fsp3) is 0.286. The van der Waals surface area contributed by atoms with Crippen molar-refractivity contribution in [3.63, 3.8) is 0 Å². The lowest BCUT2D eigenvalue weighted by atomic mass is 10.2. The van der Waals surface area contributed by atoms with Crippen molar-refractivity contribution in [1.29, 1.82) is 0 Å². The van der Waals surface area contributed by atoms with Gasteiger partial charge in [0, 0.05) is 23.5 Å². The number of hydrogen-bond donors (Lipinski definition) is 2. The normalized spacial score (nSPS) is 10.8. The molecule has 0 spiro atoms. The molecule has 3 rings (SSSR count). The number of fused-ring (bicyclic) bond motifs is 1. The predicted molar refractivity (Wildman–Crippen MR) is 111 cm³/mol. The molecule has 0 saturated carbocycles. The van der Waals surface area contributed by atoms with Crippen LogP contribution in [0.1, 0.15) is 52.9 Å². The Morgan fingerprint density at radius 3 is 2.71 bits per heavy atom. The minimum atomic E-state index is -0.392. The van der Waals surface area contributed by atoms with Crippen molar-refractivity contribution in [2.24, 2.45) is 0 Å². The second-order valence-corrected chi connectivity index (χ2v) is 7.05. The van der Waals surface area contributed by atoms with Crippen LogP contribution in [-0.4, -0.2) is 27.7 Å². The Morgan fingerprint density at radius 1 is 1.14 bits per heavy atom. The topological polar surface area (TPSA) is 75.5 Å². The maximum atomic E-state index is 12.8. The quantitative estimate of drug-likeness (QED) is 0.576. The average molecular weight is 399 g/mol. The molecule has 0 saturated heterocycles. The number of aryl methyl sites for hydroxylation is 1. The van der Waals surface area contributed by atoms with E-state index in [-0.39, 0.29) is 17.4 Å². The fourth-order valence-electron chi connectivity index (χ4n) is 2.97. The smallest absolute Gasteiger partial charge is 0.292 e. The van der Waals surface area contributed by atoms with E-state index < -0.39 is 5.91 Å². The number of nitrogens with zero attached hydrogens (tertiary/aromatic N) is 2. The number of carbonyl (C=O) groups excluding carboxylic acids is 2. The van der Waals surface area contributed by atoms with Crippen LogP contribution in [0.15, 0.2) is 42.6 Å².